The van der Waals surface area contributed by atoms with E-state index in [4.69, 9.17) is 9.47 Å². The molecule has 4 rings (SSSR count). The second-order valence-corrected chi connectivity index (χ2v) is 6.59. The van der Waals surface area contributed by atoms with Crippen LogP contribution in [0.5, 0.6) is 0 Å². The third-order valence-corrected chi connectivity index (χ3v) is 5.37. The third-order valence-electron chi connectivity index (χ3n) is 5.37. The molecule has 5 nitrogen and oxygen atoms in total. The van der Waals surface area contributed by atoms with Crippen molar-refractivity contribution in [3.05, 3.63) is 23.3 Å². The van der Waals surface area contributed by atoms with Crippen LogP contribution in [-0.4, -0.2) is 34.9 Å². The first kappa shape index (κ1) is 12.3. The lowest BCUT2D eigenvalue weighted by Crippen LogP contribution is -2.54. The van der Waals surface area contributed by atoms with E-state index < -0.39 is 22.8 Å². The number of carbonyl (C=O) groups is 2. The molecule has 2 aliphatic heterocycles. The number of aliphatic hydroxyl groups is 1. The number of rotatable bonds is 0. The van der Waals surface area contributed by atoms with Gasteiger partial charge >= 0.3 is 5.97 Å². The molecule has 106 valence electrons. The summed E-state index contributed by atoms with van der Waals surface area (Å²) in [6.07, 6.45) is 4.12. The average Bonchev–Trinajstić information content (AvgIpc) is 3.10. The van der Waals surface area contributed by atoms with Crippen molar-refractivity contribution in [3.63, 3.8) is 0 Å². The zero-order valence-corrected chi connectivity index (χ0v) is 11.4. The lowest BCUT2D eigenvalue weighted by Gasteiger charge is -2.49. The summed E-state index contributed by atoms with van der Waals surface area (Å²) >= 11 is 0. The van der Waals surface area contributed by atoms with Crippen molar-refractivity contribution in [1.29, 1.82) is 0 Å². The van der Waals surface area contributed by atoms with Gasteiger partial charge in [0, 0.05) is 23.5 Å². The molecule has 2 aliphatic carbocycles. The summed E-state index contributed by atoms with van der Waals surface area (Å²) in [5.74, 6) is -2.04. The molecule has 0 radical (unpaired) electrons. The lowest BCUT2D eigenvalue weighted by atomic mass is 9.56. The summed E-state index contributed by atoms with van der Waals surface area (Å²) < 4.78 is 10.7. The van der Waals surface area contributed by atoms with Crippen LogP contribution in [0.1, 0.15) is 26.7 Å². The first-order valence-electron chi connectivity index (χ1n) is 6.84. The van der Waals surface area contributed by atoms with Crippen molar-refractivity contribution < 1.29 is 24.2 Å². The van der Waals surface area contributed by atoms with Gasteiger partial charge in [-0.2, -0.15) is 0 Å². The molecule has 1 N–H and O–H groups in total. The fraction of sp³-hybridized carbons (Fsp3) is 0.600. The molecule has 0 amide bonds. The predicted octanol–water partition coefficient (Wildman–Crippen LogP) is 0.872. The Kier molecular flexibility index (Phi) is 1.99. The highest BCUT2D eigenvalue weighted by molar-refractivity contribution is 6.01. The molecule has 0 aromatic carbocycles. The van der Waals surface area contributed by atoms with Crippen LogP contribution in [0.3, 0.4) is 0 Å². The van der Waals surface area contributed by atoms with Gasteiger partial charge in [-0.25, -0.2) is 4.79 Å². The zero-order valence-electron chi connectivity index (χ0n) is 11.4. The minimum Gasteiger partial charge on any atom is -0.426 e. The third kappa shape index (κ3) is 1.25. The summed E-state index contributed by atoms with van der Waals surface area (Å²) in [4.78, 5) is 23.8. The number of hydrogen-bond donors (Lipinski definition) is 1. The van der Waals surface area contributed by atoms with E-state index in [-0.39, 0.29) is 18.1 Å². The van der Waals surface area contributed by atoms with E-state index in [1.807, 2.05) is 13.0 Å². The van der Waals surface area contributed by atoms with Crippen LogP contribution in [0.15, 0.2) is 23.3 Å². The Hall–Kier alpha value is -1.46. The van der Waals surface area contributed by atoms with E-state index in [0.29, 0.717) is 24.2 Å². The number of hydrogen-bond acceptors (Lipinski definition) is 5. The molecule has 2 heterocycles. The highest BCUT2D eigenvalue weighted by Gasteiger charge is 2.68. The molecule has 0 aromatic rings. The van der Waals surface area contributed by atoms with Gasteiger partial charge in [-0.3, -0.25) is 4.79 Å². The van der Waals surface area contributed by atoms with Gasteiger partial charge in [0.1, 0.15) is 0 Å². The Morgan fingerprint density at radius 2 is 2.10 bits per heavy atom. The topological polar surface area (TPSA) is 76.1 Å². The molecule has 4 aliphatic rings. The Morgan fingerprint density at radius 1 is 1.40 bits per heavy atom. The number of epoxide rings is 1. The molecule has 1 saturated heterocycles. The summed E-state index contributed by atoms with van der Waals surface area (Å²) in [7, 11) is 0. The van der Waals surface area contributed by atoms with E-state index in [1.165, 1.54) is 0 Å². The van der Waals surface area contributed by atoms with E-state index in [1.54, 1.807) is 13.0 Å². The van der Waals surface area contributed by atoms with E-state index in [9.17, 15) is 14.7 Å². The van der Waals surface area contributed by atoms with Crippen LogP contribution in [0.25, 0.3) is 0 Å². The Labute approximate surface area is 116 Å². The van der Waals surface area contributed by atoms with Gasteiger partial charge in [-0.15, -0.1) is 0 Å². The standard InChI is InChI=1S/C15H16O5/c1-8-9-5-10-13(2,6-15(9,18)20-12(8)17)4-3-11(16)14(10)7-19-14/h3-4,10,18H,5-7H2,1-2H3/t10-,13-,14+,15+/m1/s1. The fourth-order valence-corrected chi connectivity index (χ4v) is 4.11. The number of esters is 1. The summed E-state index contributed by atoms with van der Waals surface area (Å²) in [5.41, 5.74) is -0.0765. The SMILES string of the molecule is CC1=C2C[C@@H]3[C@](C)(C=CC(=O)[C@]34CO4)C[C@]2(O)OC1=O. The van der Waals surface area contributed by atoms with Crippen molar-refractivity contribution >= 4 is 11.8 Å². The van der Waals surface area contributed by atoms with Crippen LogP contribution >= 0.6 is 0 Å². The number of allylic oxidation sites excluding steroid dienone is 1. The molecule has 0 aromatic heterocycles. The highest BCUT2D eigenvalue weighted by atomic mass is 16.7. The number of ketones is 1. The van der Waals surface area contributed by atoms with E-state index >= 15 is 0 Å². The maximum absolute atomic E-state index is 12.1. The molecule has 0 bridgehead atoms. The van der Waals surface area contributed by atoms with Crippen LogP contribution in [0, 0.1) is 11.3 Å². The normalized spacial score (nSPS) is 49.2. The van der Waals surface area contributed by atoms with E-state index in [0.717, 1.165) is 0 Å². The molecular formula is C15H16O5. The molecule has 0 unspecified atom stereocenters. The van der Waals surface area contributed by atoms with E-state index in [2.05, 4.69) is 0 Å². The maximum Gasteiger partial charge on any atom is 0.336 e. The first-order valence-corrected chi connectivity index (χ1v) is 6.84. The summed E-state index contributed by atoms with van der Waals surface area (Å²) in [5, 5.41) is 10.7. The van der Waals surface area contributed by atoms with Gasteiger partial charge < -0.3 is 14.6 Å². The molecule has 4 atom stereocenters. The summed E-state index contributed by atoms with van der Waals surface area (Å²) in [6, 6.07) is 0. The van der Waals surface area contributed by atoms with Crippen molar-refractivity contribution in [1.82, 2.24) is 0 Å². The number of ether oxygens (including phenoxy) is 2. The monoisotopic (exact) mass is 276 g/mol. The van der Waals surface area contributed by atoms with Gasteiger partial charge in [0.05, 0.1) is 6.61 Å². The second kappa shape index (κ2) is 3.23. The second-order valence-electron chi connectivity index (χ2n) is 6.59. The Morgan fingerprint density at radius 3 is 2.75 bits per heavy atom. The minimum atomic E-state index is -1.52. The number of fused-ring (bicyclic) bond motifs is 3. The molecule has 1 spiro atoms. The minimum absolute atomic E-state index is 0.00564. The highest BCUT2D eigenvalue weighted by Crippen LogP contribution is 2.61. The van der Waals surface area contributed by atoms with Crippen molar-refractivity contribution in [2.75, 3.05) is 6.61 Å². The van der Waals surface area contributed by atoms with Gasteiger partial charge in [0.2, 0.25) is 5.79 Å². The van der Waals surface area contributed by atoms with Gasteiger partial charge in [0.25, 0.3) is 0 Å². The molecule has 20 heavy (non-hydrogen) atoms. The first-order chi connectivity index (χ1) is 9.31. The fourth-order valence-electron chi connectivity index (χ4n) is 4.11. The maximum atomic E-state index is 12.1. The average molecular weight is 276 g/mol. The van der Waals surface area contributed by atoms with Crippen LogP contribution in [-0.2, 0) is 19.1 Å². The Balaban J connectivity index is 1.84. The summed E-state index contributed by atoms with van der Waals surface area (Å²) in [6.45, 7) is 4.08. The Bertz CT molecular complexity index is 612. The predicted molar refractivity (Wildman–Crippen MR) is 67.4 cm³/mol. The number of carbonyl (C=O) groups excluding carboxylic acids is 2. The molecule has 5 heteroatoms. The smallest absolute Gasteiger partial charge is 0.336 e. The van der Waals surface area contributed by atoms with Crippen molar-refractivity contribution in [2.24, 2.45) is 11.3 Å². The van der Waals surface area contributed by atoms with Crippen LogP contribution in [0.4, 0.5) is 0 Å². The molecule has 2 fully saturated rings. The van der Waals surface area contributed by atoms with Gasteiger partial charge in [-0.05, 0) is 24.8 Å². The van der Waals surface area contributed by atoms with Crippen LogP contribution in [0.2, 0.25) is 0 Å². The van der Waals surface area contributed by atoms with Crippen molar-refractivity contribution in [3.8, 4) is 0 Å². The molecular weight excluding hydrogens is 260 g/mol. The van der Waals surface area contributed by atoms with Crippen molar-refractivity contribution in [2.45, 2.75) is 38.1 Å². The van der Waals surface area contributed by atoms with Gasteiger partial charge in [0.15, 0.2) is 11.4 Å². The largest absolute Gasteiger partial charge is 0.426 e. The molecule has 1 saturated carbocycles. The van der Waals surface area contributed by atoms with Crippen LogP contribution < -0.4 is 0 Å². The lowest BCUT2D eigenvalue weighted by molar-refractivity contribution is -0.201. The zero-order chi connectivity index (χ0) is 14.3. The van der Waals surface area contributed by atoms with Gasteiger partial charge in [-0.1, -0.05) is 13.0 Å². The quantitative estimate of drug-likeness (QED) is 0.525.